The molecule has 0 radical (unpaired) electrons. The molecule has 20 heavy (non-hydrogen) atoms. The summed E-state index contributed by atoms with van der Waals surface area (Å²) in [5.41, 5.74) is 4.98. The van der Waals surface area contributed by atoms with E-state index in [0.29, 0.717) is 5.92 Å². The van der Waals surface area contributed by atoms with E-state index in [9.17, 15) is 0 Å². The quantitative estimate of drug-likeness (QED) is 0.846. The lowest BCUT2D eigenvalue weighted by molar-refractivity contribution is 0.410. The van der Waals surface area contributed by atoms with Crippen LogP contribution in [-0.2, 0) is 6.54 Å². The Morgan fingerprint density at radius 3 is 2.55 bits per heavy atom. The highest BCUT2D eigenvalue weighted by molar-refractivity contribution is 5.53. The van der Waals surface area contributed by atoms with Crippen LogP contribution >= 0.6 is 0 Å². The first kappa shape index (κ1) is 14.4. The highest BCUT2D eigenvalue weighted by atomic mass is 16.5. The minimum atomic E-state index is 0.512. The molecule has 2 rings (SSSR count). The maximum Gasteiger partial charge on any atom is 0.123 e. The number of hydrogen-bond acceptors (Lipinski definition) is 2. The van der Waals surface area contributed by atoms with Crippen LogP contribution in [0.2, 0.25) is 0 Å². The first-order valence-corrected chi connectivity index (χ1v) is 7.08. The van der Waals surface area contributed by atoms with Gasteiger partial charge in [0, 0.05) is 17.8 Å². The van der Waals surface area contributed by atoms with E-state index >= 15 is 0 Å². The monoisotopic (exact) mass is 269 g/mol. The summed E-state index contributed by atoms with van der Waals surface area (Å²) in [6.45, 7) is 7.31. The van der Waals surface area contributed by atoms with Crippen LogP contribution in [-0.4, -0.2) is 7.11 Å². The van der Waals surface area contributed by atoms with Crippen LogP contribution in [0.3, 0.4) is 0 Å². The van der Waals surface area contributed by atoms with Crippen molar-refractivity contribution < 1.29 is 4.74 Å². The minimum Gasteiger partial charge on any atom is -0.496 e. The molecule has 106 valence electrons. The molecule has 0 aliphatic heterocycles. The molecule has 0 fully saturated rings. The summed E-state index contributed by atoms with van der Waals surface area (Å²) in [7, 11) is 1.72. The number of benzene rings is 2. The molecule has 0 saturated carbocycles. The van der Waals surface area contributed by atoms with Crippen LogP contribution in [0.4, 0.5) is 5.69 Å². The van der Waals surface area contributed by atoms with Crippen molar-refractivity contribution >= 4 is 5.69 Å². The smallest absolute Gasteiger partial charge is 0.123 e. The third-order valence-electron chi connectivity index (χ3n) is 3.49. The topological polar surface area (TPSA) is 21.3 Å². The Morgan fingerprint density at radius 1 is 1.10 bits per heavy atom. The number of nitrogens with one attached hydrogen (secondary N) is 1. The summed E-state index contributed by atoms with van der Waals surface area (Å²) in [5, 5.41) is 3.53. The molecule has 2 heteroatoms. The summed E-state index contributed by atoms with van der Waals surface area (Å²) in [4.78, 5) is 0. The van der Waals surface area contributed by atoms with Gasteiger partial charge in [-0.2, -0.15) is 0 Å². The standard InChI is InChI=1S/C18H23NO/c1-13(2)16-7-5-6-8-17(16)19-12-15-11-14(3)9-10-18(15)20-4/h5-11,13,19H,12H2,1-4H3. The van der Waals surface area contributed by atoms with E-state index in [0.717, 1.165) is 12.3 Å². The molecule has 0 aliphatic rings. The molecule has 1 N–H and O–H groups in total. The van der Waals surface area contributed by atoms with Crippen LogP contribution in [0.5, 0.6) is 5.75 Å². The van der Waals surface area contributed by atoms with Gasteiger partial charge in [-0.05, 0) is 30.5 Å². The number of ether oxygens (including phenoxy) is 1. The number of anilines is 1. The van der Waals surface area contributed by atoms with Crippen molar-refractivity contribution in [3.8, 4) is 5.75 Å². The lowest BCUT2D eigenvalue weighted by atomic mass is 10.0. The molecule has 0 saturated heterocycles. The molecule has 0 spiro atoms. The molecule has 0 unspecified atom stereocenters. The summed E-state index contributed by atoms with van der Waals surface area (Å²) in [6, 6.07) is 14.8. The van der Waals surface area contributed by atoms with Gasteiger partial charge in [0.1, 0.15) is 5.75 Å². The third-order valence-corrected chi connectivity index (χ3v) is 3.49. The van der Waals surface area contributed by atoms with E-state index in [4.69, 9.17) is 4.74 Å². The van der Waals surface area contributed by atoms with Gasteiger partial charge < -0.3 is 10.1 Å². The van der Waals surface area contributed by atoms with E-state index in [1.807, 2.05) is 6.07 Å². The van der Waals surface area contributed by atoms with Gasteiger partial charge in [0.2, 0.25) is 0 Å². The predicted octanol–water partition coefficient (Wildman–Crippen LogP) is 4.74. The molecule has 0 aliphatic carbocycles. The zero-order valence-corrected chi connectivity index (χ0v) is 12.7. The zero-order chi connectivity index (χ0) is 14.5. The summed E-state index contributed by atoms with van der Waals surface area (Å²) in [6.07, 6.45) is 0. The van der Waals surface area contributed by atoms with Gasteiger partial charge in [-0.1, -0.05) is 49.7 Å². The molecule has 2 nitrogen and oxygen atoms in total. The fourth-order valence-electron chi connectivity index (χ4n) is 2.40. The average Bonchev–Trinajstić information content (AvgIpc) is 2.45. The first-order chi connectivity index (χ1) is 9.61. The second-order valence-electron chi connectivity index (χ2n) is 5.41. The Bertz CT molecular complexity index is 575. The van der Waals surface area contributed by atoms with E-state index in [1.165, 1.54) is 22.4 Å². The van der Waals surface area contributed by atoms with Gasteiger partial charge in [-0.15, -0.1) is 0 Å². The number of methoxy groups -OCH3 is 1. The second kappa shape index (κ2) is 6.47. The summed E-state index contributed by atoms with van der Waals surface area (Å²) < 4.78 is 5.43. The maximum absolute atomic E-state index is 5.43. The van der Waals surface area contributed by atoms with E-state index in [-0.39, 0.29) is 0 Å². The van der Waals surface area contributed by atoms with Crippen molar-refractivity contribution in [3.05, 3.63) is 59.2 Å². The van der Waals surface area contributed by atoms with Crippen molar-refractivity contribution in [2.45, 2.75) is 33.2 Å². The second-order valence-corrected chi connectivity index (χ2v) is 5.41. The molecule has 0 amide bonds. The Labute approximate surface area is 121 Å². The van der Waals surface area contributed by atoms with Gasteiger partial charge in [0.25, 0.3) is 0 Å². The minimum absolute atomic E-state index is 0.512. The summed E-state index contributed by atoms with van der Waals surface area (Å²) in [5.74, 6) is 1.45. The van der Waals surface area contributed by atoms with E-state index in [2.05, 4.69) is 62.5 Å². The molecule has 0 atom stereocenters. The molecular weight excluding hydrogens is 246 g/mol. The lowest BCUT2D eigenvalue weighted by Gasteiger charge is -2.16. The van der Waals surface area contributed by atoms with E-state index in [1.54, 1.807) is 7.11 Å². The molecule has 2 aromatic rings. The van der Waals surface area contributed by atoms with Crippen molar-refractivity contribution in [3.63, 3.8) is 0 Å². The Hall–Kier alpha value is -1.96. The van der Waals surface area contributed by atoms with E-state index < -0.39 is 0 Å². The van der Waals surface area contributed by atoms with Crippen molar-refractivity contribution in [2.75, 3.05) is 12.4 Å². The first-order valence-electron chi connectivity index (χ1n) is 7.08. The molecule has 0 aromatic heterocycles. The number of rotatable bonds is 5. The molecular formula is C18H23NO. The highest BCUT2D eigenvalue weighted by Crippen LogP contribution is 2.26. The van der Waals surface area contributed by atoms with Gasteiger partial charge in [-0.3, -0.25) is 0 Å². The number of aryl methyl sites for hydroxylation is 1. The van der Waals surface area contributed by atoms with Gasteiger partial charge >= 0.3 is 0 Å². The van der Waals surface area contributed by atoms with Gasteiger partial charge in [0.15, 0.2) is 0 Å². The average molecular weight is 269 g/mol. The molecule has 0 bridgehead atoms. The fraction of sp³-hybridized carbons (Fsp3) is 0.333. The van der Waals surface area contributed by atoms with Crippen molar-refractivity contribution in [1.82, 2.24) is 0 Å². The van der Waals surface area contributed by atoms with Crippen LogP contribution in [0, 0.1) is 6.92 Å². The zero-order valence-electron chi connectivity index (χ0n) is 12.7. The molecule has 2 aromatic carbocycles. The maximum atomic E-state index is 5.43. The summed E-state index contributed by atoms with van der Waals surface area (Å²) >= 11 is 0. The Balaban J connectivity index is 2.19. The molecule has 0 heterocycles. The fourth-order valence-corrected chi connectivity index (χ4v) is 2.40. The Kier molecular flexibility index (Phi) is 4.67. The highest BCUT2D eigenvalue weighted by Gasteiger charge is 2.07. The number of para-hydroxylation sites is 1. The Morgan fingerprint density at radius 2 is 1.85 bits per heavy atom. The SMILES string of the molecule is COc1ccc(C)cc1CNc1ccccc1C(C)C. The van der Waals surface area contributed by atoms with Crippen molar-refractivity contribution in [1.29, 1.82) is 0 Å². The van der Waals surface area contributed by atoms with Crippen LogP contribution in [0.25, 0.3) is 0 Å². The van der Waals surface area contributed by atoms with Crippen LogP contribution < -0.4 is 10.1 Å². The van der Waals surface area contributed by atoms with Gasteiger partial charge in [-0.25, -0.2) is 0 Å². The van der Waals surface area contributed by atoms with Crippen LogP contribution in [0.15, 0.2) is 42.5 Å². The van der Waals surface area contributed by atoms with Gasteiger partial charge in [0.05, 0.1) is 7.11 Å². The van der Waals surface area contributed by atoms with Crippen molar-refractivity contribution in [2.24, 2.45) is 0 Å². The van der Waals surface area contributed by atoms with Crippen LogP contribution in [0.1, 0.15) is 36.5 Å². The normalized spacial score (nSPS) is 10.7. The predicted molar refractivity (Wildman–Crippen MR) is 85.6 cm³/mol. The third kappa shape index (κ3) is 3.32. The lowest BCUT2D eigenvalue weighted by Crippen LogP contribution is -2.05. The largest absolute Gasteiger partial charge is 0.496 e. The number of hydrogen-bond donors (Lipinski definition) is 1.